The Morgan fingerprint density at radius 1 is 0.852 bits per heavy atom. The molecule has 1 aromatic heterocycles. The normalized spacial score (nSPS) is 12.6. The maximum Gasteiger partial charge on any atom is 0.229 e. The molecule has 3 aromatic rings. The van der Waals surface area contributed by atoms with E-state index in [0.717, 1.165) is 12.1 Å². The van der Waals surface area contributed by atoms with Crippen LogP contribution in [0.15, 0.2) is 42.6 Å². The Kier molecular flexibility index (Phi) is 4.41. The summed E-state index contributed by atoms with van der Waals surface area (Å²) in [5, 5.41) is 5.59. The first-order valence-electron chi connectivity index (χ1n) is 8.00. The van der Waals surface area contributed by atoms with Gasteiger partial charge in [-0.05, 0) is 30.3 Å². The lowest BCUT2D eigenvalue weighted by Gasteiger charge is -2.19. The number of hydrogen-bond acceptors (Lipinski definition) is 6. The standard InChI is InChI=1S/C18H13F3N4O2/c19-11-2-3-12(17(21)16(11)20)24-15-5-6-22-18(25-15)23-10-1-4-13-14(9-10)27-8-7-26-13/h1-6,9H,7-8H2,(H2,22,23,24,25). The minimum absolute atomic E-state index is 0.204. The van der Waals surface area contributed by atoms with Crippen molar-refractivity contribution in [3.63, 3.8) is 0 Å². The van der Waals surface area contributed by atoms with E-state index in [1.165, 1.54) is 12.3 Å². The zero-order chi connectivity index (χ0) is 18.8. The van der Waals surface area contributed by atoms with Crippen LogP contribution in [0.2, 0.25) is 0 Å². The summed E-state index contributed by atoms with van der Waals surface area (Å²) < 4.78 is 51.1. The lowest BCUT2D eigenvalue weighted by Crippen LogP contribution is -2.15. The van der Waals surface area contributed by atoms with Crippen molar-refractivity contribution in [3.8, 4) is 11.5 Å². The Hall–Kier alpha value is -3.49. The van der Waals surface area contributed by atoms with Gasteiger partial charge < -0.3 is 20.1 Å². The van der Waals surface area contributed by atoms with Crippen LogP contribution in [0.25, 0.3) is 0 Å². The van der Waals surface area contributed by atoms with Gasteiger partial charge in [0.05, 0.1) is 5.69 Å². The number of ether oxygens (including phenoxy) is 2. The van der Waals surface area contributed by atoms with Gasteiger partial charge in [0.2, 0.25) is 5.95 Å². The molecule has 0 spiro atoms. The number of benzene rings is 2. The smallest absolute Gasteiger partial charge is 0.229 e. The highest BCUT2D eigenvalue weighted by molar-refractivity contribution is 5.62. The number of nitrogens with one attached hydrogen (secondary N) is 2. The molecule has 4 rings (SSSR count). The van der Waals surface area contributed by atoms with Crippen molar-refractivity contribution in [3.05, 3.63) is 60.0 Å². The number of nitrogens with zero attached hydrogens (tertiary/aromatic N) is 2. The molecule has 0 radical (unpaired) electrons. The number of hydrogen-bond donors (Lipinski definition) is 2. The molecule has 6 nitrogen and oxygen atoms in total. The fraction of sp³-hybridized carbons (Fsp3) is 0.111. The van der Waals surface area contributed by atoms with Crippen LogP contribution in [0.3, 0.4) is 0 Å². The van der Waals surface area contributed by atoms with E-state index in [1.807, 2.05) is 0 Å². The van der Waals surface area contributed by atoms with E-state index < -0.39 is 17.5 Å². The fourth-order valence-electron chi connectivity index (χ4n) is 2.50. The summed E-state index contributed by atoms with van der Waals surface area (Å²) in [6.07, 6.45) is 1.44. The van der Waals surface area contributed by atoms with Gasteiger partial charge in [0.15, 0.2) is 29.0 Å². The van der Waals surface area contributed by atoms with Gasteiger partial charge in [0, 0.05) is 18.0 Å². The van der Waals surface area contributed by atoms with Crippen LogP contribution in [-0.4, -0.2) is 23.2 Å². The molecular formula is C18H13F3N4O2. The average Bonchev–Trinajstić information content (AvgIpc) is 2.69. The third kappa shape index (κ3) is 3.57. The zero-order valence-electron chi connectivity index (χ0n) is 13.8. The van der Waals surface area contributed by atoms with E-state index in [-0.39, 0.29) is 17.5 Å². The highest BCUT2D eigenvalue weighted by Gasteiger charge is 2.15. The Labute approximate surface area is 152 Å². The monoisotopic (exact) mass is 374 g/mol. The van der Waals surface area contributed by atoms with E-state index in [1.54, 1.807) is 18.2 Å². The van der Waals surface area contributed by atoms with Crippen LogP contribution in [0.4, 0.5) is 36.3 Å². The van der Waals surface area contributed by atoms with Gasteiger partial charge in [-0.1, -0.05) is 0 Å². The number of fused-ring (bicyclic) bond motifs is 1. The van der Waals surface area contributed by atoms with Gasteiger partial charge in [-0.2, -0.15) is 4.98 Å². The molecule has 0 saturated carbocycles. The first-order chi connectivity index (χ1) is 13.1. The highest BCUT2D eigenvalue weighted by Crippen LogP contribution is 2.33. The molecule has 0 amide bonds. The summed E-state index contributed by atoms with van der Waals surface area (Å²) in [4.78, 5) is 8.26. The predicted octanol–water partition coefficient (Wildman–Crippen LogP) is 4.15. The lowest BCUT2D eigenvalue weighted by molar-refractivity contribution is 0.171. The molecule has 1 aliphatic heterocycles. The van der Waals surface area contributed by atoms with E-state index >= 15 is 0 Å². The second kappa shape index (κ2) is 7.02. The number of rotatable bonds is 4. The van der Waals surface area contributed by atoms with Crippen LogP contribution in [-0.2, 0) is 0 Å². The van der Waals surface area contributed by atoms with Gasteiger partial charge in [0.1, 0.15) is 19.0 Å². The van der Waals surface area contributed by atoms with E-state index in [2.05, 4.69) is 20.6 Å². The van der Waals surface area contributed by atoms with E-state index in [9.17, 15) is 13.2 Å². The largest absolute Gasteiger partial charge is 0.486 e. The molecule has 0 atom stereocenters. The summed E-state index contributed by atoms with van der Waals surface area (Å²) in [7, 11) is 0. The van der Waals surface area contributed by atoms with Crippen molar-refractivity contribution < 1.29 is 22.6 Å². The molecule has 0 unspecified atom stereocenters. The quantitative estimate of drug-likeness (QED) is 0.669. The predicted molar refractivity (Wildman–Crippen MR) is 92.3 cm³/mol. The van der Waals surface area contributed by atoms with Crippen LogP contribution in [0.5, 0.6) is 11.5 Å². The average molecular weight is 374 g/mol. The maximum atomic E-state index is 13.8. The molecule has 2 N–H and O–H groups in total. The van der Waals surface area contributed by atoms with Crippen molar-refractivity contribution in [2.75, 3.05) is 23.8 Å². The Morgan fingerprint density at radius 3 is 2.52 bits per heavy atom. The SMILES string of the molecule is Fc1ccc(Nc2ccnc(Nc3ccc4c(c3)OCCO4)n2)c(F)c1F. The molecular weight excluding hydrogens is 361 g/mol. The number of anilines is 4. The van der Waals surface area contributed by atoms with Gasteiger partial charge in [-0.25, -0.2) is 18.2 Å². The summed E-state index contributed by atoms with van der Waals surface area (Å²) in [5.74, 6) is -2.46. The lowest BCUT2D eigenvalue weighted by atomic mass is 10.2. The molecule has 27 heavy (non-hydrogen) atoms. The van der Waals surface area contributed by atoms with E-state index in [4.69, 9.17) is 9.47 Å². The highest BCUT2D eigenvalue weighted by atomic mass is 19.2. The van der Waals surface area contributed by atoms with Crippen molar-refractivity contribution in [2.24, 2.45) is 0 Å². The molecule has 138 valence electrons. The fourth-order valence-corrected chi connectivity index (χ4v) is 2.50. The summed E-state index contributed by atoms with van der Waals surface area (Å²) in [5.41, 5.74) is 0.424. The van der Waals surface area contributed by atoms with Crippen LogP contribution < -0.4 is 20.1 Å². The minimum Gasteiger partial charge on any atom is -0.486 e. The van der Waals surface area contributed by atoms with Crippen molar-refractivity contribution in [2.45, 2.75) is 0 Å². The molecule has 2 heterocycles. The first-order valence-corrected chi connectivity index (χ1v) is 8.00. The third-order valence-electron chi connectivity index (χ3n) is 3.75. The molecule has 0 bridgehead atoms. The van der Waals surface area contributed by atoms with Gasteiger partial charge in [-0.15, -0.1) is 0 Å². The Bertz CT molecular complexity index is 1000. The molecule has 9 heteroatoms. The van der Waals surface area contributed by atoms with Gasteiger partial charge >= 0.3 is 0 Å². The number of halogens is 3. The van der Waals surface area contributed by atoms with Crippen molar-refractivity contribution >= 4 is 23.1 Å². The molecule has 0 aliphatic carbocycles. The minimum atomic E-state index is -1.55. The Balaban J connectivity index is 1.54. The van der Waals surface area contributed by atoms with Gasteiger partial charge in [-0.3, -0.25) is 0 Å². The van der Waals surface area contributed by atoms with Crippen LogP contribution >= 0.6 is 0 Å². The molecule has 0 fully saturated rings. The second-order valence-electron chi connectivity index (χ2n) is 5.60. The Morgan fingerprint density at radius 2 is 1.67 bits per heavy atom. The zero-order valence-corrected chi connectivity index (χ0v) is 13.8. The van der Waals surface area contributed by atoms with Crippen LogP contribution in [0, 0.1) is 17.5 Å². The first kappa shape index (κ1) is 17.0. The molecule has 2 aromatic carbocycles. The molecule has 1 aliphatic rings. The van der Waals surface area contributed by atoms with Crippen molar-refractivity contribution in [1.82, 2.24) is 9.97 Å². The summed E-state index contributed by atoms with van der Waals surface area (Å²) in [6, 6.07) is 8.66. The van der Waals surface area contributed by atoms with Gasteiger partial charge in [0.25, 0.3) is 0 Å². The topological polar surface area (TPSA) is 68.3 Å². The van der Waals surface area contributed by atoms with Crippen molar-refractivity contribution in [1.29, 1.82) is 0 Å². The number of aromatic nitrogens is 2. The second-order valence-corrected chi connectivity index (χ2v) is 5.60. The molecule has 0 saturated heterocycles. The van der Waals surface area contributed by atoms with Crippen LogP contribution in [0.1, 0.15) is 0 Å². The summed E-state index contributed by atoms with van der Waals surface area (Å²) >= 11 is 0. The van der Waals surface area contributed by atoms with E-state index in [0.29, 0.717) is 30.4 Å². The summed E-state index contributed by atoms with van der Waals surface area (Å²) in [6.45, 7) is 0.962. The third-order valence-corrected chi connectivity index (χ3v) is 3.75. The maximum absolute atomic E-state index is 13.8.